The van der Waals surface area contributed by atoms with E-state index in [1.54, 1.807) is 31.2 Å². The summed E-state index contributed by atoms with van der Waals surface area (Å²) in [7, 11) is 0. The molecule has 0 bridgehead atoms. The second kappa shape index (κ2) is 8.98. The highest BCUT2D eigenvalue weighted by Crippen LogP contribution is 2.23. The van der Waals surface area contributed by atoms with Crippen molar-refractivity contribution < 1.29 is 27.8 Å². The highest BCUT2D eigenvalue weighted by atomic mass is 19.1. The first-order valence-corrected chi connectivity index (χ1v) is 8.69. The Bertz CT molecular complexity index is 909. The van der Waals surface area contributed by atoms with Crippen molar-refractivity contribution in [3.63, 3.8) is 0 Å². The van der Waals surface area contributed by atoms with Gasteiger partial charge in [0.25, 0.3) is 5.89 Å². The summed E-state index contributed by atoms with van der Waals surface area (Å²) in [6, 6.07) is 12.5. The number of ether oxygens (including phenoxy) is 3. The Morgan fingerprint density at radius 2 is 1.68 bits per heavy atom. The minimum absolute atomic E-state index is 0.133. The standard InChI is InChI=1S/C20H19FN2O5/c1-3-25-16-8-10-17(11-9-16)26-12-18(24)27-13(2)19-22-23-20(28-19)14-4-6-15(21)7-5-14/h4-11,13H,3,12H2,1-2H3/t13-/m1/s1. The Morgan fingerprint density at radius 1 is 1.04 bits per heavy atom. The second-order valence-electron chi connectivity index (χ2n) is 5.78. The van der Waals surface area contributed by atoms with Crippen LogP contribution in [-0.2, 0) is 9.53 Å². The molecule has 3 rings (SSSR count). The molecule has 3 aromatic rings. The number of benzene rings is 2. The number of halogens is 1. The summed E-state index contributed by atoms with van der Waals surface area (Å²) in [4.78, 5) is 12.0. The summed E-state index contributed by atoms with van der Waals surface area (Å²) in [5.74, 6) is 0.641. The van der Waals surface area contributed by atoms with Crippen molar-refractivity contribution in [2.75, 3.05) is 13.2 Å². The molecule has 0 aliphatic carbocycles. The fourth-order valence-electron chi connectivity index (χ4n) is 2.33. The fourth-order valence-corrected chi connectivity index (χ4v) is 2.33. The maximum absolute atomic E-state index is 13.0. The van der Waals surface area contributed by atoms with Crippen LogP contribution in [0.15, 0.2) is 52.9 Å². The average Bonchev–Trinajstić information content (AvgIpc) is 3.19. The molecular formula is C20H19FN2O5. The third-order valence-corrected chi connectivity index (χ3v) is 3.68. The molecular weight excluding hydrogens is 367 g/mol. The lowest BCUT2D eigenvalue weighted by atomic mass is 10.2. The van der Waals surface area contributed by atoms with E-state index in [0.717, 1.165) is 5.75 Å². The molecule has 0 unspecified atom stereocenters. The normalized spacial score (nSPS) is 11.7. The van der Waals surface area contributed by atoms with Crippen LogP contribution in [0.2, 0.25) is 0 Å². The van der Waals surface area contributed by atoms with Crippen LogP contribution in [-0.4, -0.2) is 29.4 Å². The van der Waals surface area contributed by atoms with Crippen LogP contribution in [0.3, 0.4) is 0 Å². The molecule has 0 fully saturated rings. The topological polar surface area (TPSA) is 83.7 Å². The van der Waals surface area contributed by atoms with Gasteiger partial charge in [-0.25, -0.2) is 9.18 Å². The van der Waals surface area contributed by atoms with E-state index in [1.807, 2.05) is 6.92 Å². The van der Waals surface area contributed by atoms with Crippen LogP contribution in [0.25, 0.3) is 11.5 Å². The van der Waals surface area contributed by atoms with Gasteiger partial charge in [0.1, 0.15) is 17.3 Å². The third kappa shape index (κ3) is 5.06. The lowest BCUT2D eigenvalue weighted by Gasteiger charge is -2.10. The summed E-state index contributed by atoms with van der Waals surface area (Å²) < 4.78 is 34.5. The van der Waals surface area contributed by atoms with Crippen molar-refractivity contribution in [2.45, 2.75) is 20.0 Å². The Kier molecular flexibility index (Phi) is 6.21. The van der Waals surface area contributed by atoms with Crippen LogP contribution >= 0.6 is 0 Å². The van der Waals surface area contributed by atoms with Crippen molar-refractivity contribution in [1.29, 1.82) is 0 Å². The first kappa shape index (κ1) is 19.3. The Morgan fingerprint density at radius 3 is 2.32 bits per heavy atom. The predicted octanol–water partition coefficient (Wildman–Crippen LogP) is 3.96. The molecule has 0 saturated carbocycles. The van der Waals surface area contributed by atoms with E-state index in [9.17, 15) is 9.18 Å². The number of esters is 1. The van der Waals surface area contributed by atoms with Gasteiger partial charge in [-0.15, -0.1) is 10.2 Å². The van der Waals surface area contributed by atoms with Gasteiger partial charge in [0.2, 0.25) is 5.89 Å². The minimum atomic E-state index is -0.752. The monoisotopic (exact) mass is 386 g/mol. The lowest BCUT2D eigenvalue weighted by molar-refractivity contribution is -0.152. The molecule has 0 amide bonds. The quantitative estimate of drug-likeness (QED) is 0.542. The van der Waals surface area contributed by atoms with Gasteiger partial charge >= 0.3 is 5.97 Å². The molecule has 0 radical (unpaired) electrons. The molecule has 0 N–H and O–H groups in total. The number of hydrogen-bond acceptors (Lipinski definition) is 7. The molecule has 2 aromatic carbocycles. The SMILES string of the molecule is CCOc1ccc(OCC(=O)O[C@H](C)c2nnc(-c3ccc(F)cc3)o2)cc1. The Hall–Kier alpha value is -3.42. The number of aromatic nitrogens is 2. The average molecular weight is 386 g/mol. The van der Waals surface area contributed by atoms with Crippen LogP contribution in [0, 0.1) is 5.82 Å². The number of hydrogen-bond donors (Lipinski definition) is 0. The lowest BCUT2D eigenvalue weighted by Crippen LogP contribution is -2.17. The van der Waals surface area contributed by atoms with Gasteiger partial charge in [-0.2, -0.15) is 0 Å². The van der Waals surface area contributed by atoms with Crippen LogP contribution in [0.1, 0.15) is 25.8 Å². The van der Waals surface area contributed by atoms with Crippen LogP contribution < -0.4 is 9.47 Å². The van der Waals surface area contributed by atoms with Crippen molar-refractivity contribution >= 4 is 5.97 Å². The number of rotatable bonds is 8. The van der Waals surface area contributed by atoms with Crippen LogP contribution in [0.4, 0.5) is 4.39 Å². The zero-order chi connectivity index (χ0) is 19.9. The molecule has 1 aromatic heterocycles. The zero-order valence-electron chi connectivity index (χ0n) is 15.4. The first-order chi connectivity index (χ1) is 13.5. The van der Waals surface area contributed by atoms with E-state index >= 15 is 0 Å². The van der Waals surface area contributed by atoms with Gasteiger partial charge in [-0.05, 0) is 62.4 Å². The van der Waals surface area contributed by atoms with Gasteiger partial charge < -0.3 is 18.6 Å². The van der Waals surface area contributed by atoms with E-state index in [4.69, 9.17) is 18.6 Å². The summed E-state index contributed by atoms with van der Waals surface area (Å²) in [6.07, 6.45) is -0.752. The molecule has 0 aliphatic heterocycles. The van der Waals surface area contributed by atoms with E-state index in [-0.39, 0.29) is 24.2 Å². The highest BCUT2D eigenvalue weighted by molar-refractivity contribution is 5.71. The maximum Gasteiger partial charge on any atom is 0.344 e. The molecule has 0 aliphatic rings. The van der Waals surface area contributed by atoms with Crippen molar-refractivity contribution in [3.05, 3.63) is 60.2 Å². The second-order valence-corrected chi connectivity index (χ2v) is 5.78. The van der Waals surface area contributed by atoms with Gasteiger partial charge in [0.15, 0.2) is 12.7 Å². The summed E-state index contributed by atoms with van der Waals surface area (Å²) >= 11 is 0. The largest absolute Gasteiger partial charge is 0.494 e. The predicted molar refractivity (Wildman–Crippen MR) is 97.3 cm³/mol. The van der Waals surface area contributed by atoms with Crippen LogP contribution in [0.5, 0.6) is 11.5 Å². The van der Waals surface area contributed by atoms with Crippen molar-refractivity contribution in [1.82, 2.24) is 10.2 Å². The fraction of sp³-hybridized carbons (Fsp3) is 0.250. The van der Waals surface area contributed by atoms with Gasteiger partial charge in [-0.3, -0.25) is 0 Å². The number of nitrogens with zero attached hydrogens (tertiary/aromatic N) is 2. The van der Waals surface area contributed by atoms with E-state index in [1.165, 1.54) is 24.3 Å². The van der Waals surface area contributed by atoms with Crippen molar-refractivity contribution in [3.8, 4) is 23.0 Å². The molecule has 7 nitrogen and oxygen atoms in total. The smallest absolute Gasteiger partial charge is 0.344 e. The van der Waals surface area contributed by atoms with Gasteiger partial charge in [0, 0.05) is 5.56 Å². The van der Waals surface area contributed by atoms with Gasteiger partial charge in [0.05, 0.1) is 6.61 Å². The molecule has 0 spiro atoms. The molecule has 1 heterocycles. The van der Waals surface area contributed by atoms with E-state index in [0.29, 0.717) is 17.9 Å². The summed E-state index contributed by atoms with van der Waals surface area (Å²) in [5, 5.41) is 7.76. The molecule has 1 atom stereocenters. The number of carbonyl (C=O) groups excluding carboxylic acids is 1. The maximum atomic E-state index is 13.0. The molecule has 0 saturated heterocycles. The molecule has 8 heteroatoms. The molecule has 146 valence electrons. The van der Waals surface area contributed by atoms with E-state index < -0.39 is 12.1 Å². The minimum Gasteiger partial charge on any atom is -0.494 e. The Balaban J connectivity index is 1.52. The van der Waals surface area contributed by atoms with E-state index in [2.05, 4.69) is 10.2 Å². The van der Waals surface area contributed by atoms with Crippen molar-refractivity contribution in [2.24, 2.45) is 0 Å². The highest BCUT2D eigenvalue weighted by Gasteiger charge is 2.19. The zero-order valence-corrected chi connectivity index (χ0v) is 15.4. The number of carbonyl (C=O) groups is 1. The van der Waals surface area contributed by atoms with Gasteiger partial charge in [-0.1, -0.05) is 0 Å². The first-order valence-electron chi connectivity index (χ1n) is 8.69. The Labute approximate surface area is 161 Å². The molecule has 28 heavy (non-hydrogen) atoms. The third-order valence-electron chi connectivity index (χ3n) is 3.68. The summed E-state index contributed by atoms with van der Waals surface area (Å²) in [5.41, 5.74) is 0.567. The summed E-state index contributed by atoms with van der Waals surface area (Å²) in [6.45, 7) is 3.81.